The van der Waals surface area contributed by atoms with Gasteiger partial charge >= 0.3 is 6.09 Å². The van der Waals surface area contributed by atoms with Gasteiger partial charge in [-0.25, -0.2) is 4.79 Å². The molecule has 0 saturated carbocycles. The number of nitrogens with one attached hydrogen (secondary N) is 1. The van der Waals surface area contributed by atoms with E-state index in [1.807, 2.05) is 27.7 Å². The number of piperidine rings is 1. The van der Waals surface area contributed by atoms with Gasteiger partial charge in [-0.15, -0.1) is 0 Å². The molecule has 4 nitrogen and oxygen atoms in total. The summed E-state index contributed by atoms with van der Waals surface area (Å²) in [6.45, 7) is 9.88. The van der Waals surface area contributed by atoms with Crippen molar-refractivity contribution in [2.75, 3.05) is 13.1 Å². The van der Waals surface area contributed by atoms with Crippen molar-refractivity contribution in [1.82, 2.24) is 10.2 Å². The largest absolute Gasteiger partial charge is 0.445 e. The van der Waals surface area contributed by atoms with Crippen molar-refractivity contribution in [3.63, 3.8) is 0 Å². The van der Waals surface area contributed by atoms with Crippen LogP contribution in [0, 0.1) is 0 Å². The molecule has 0 bridgehead atoms. The van der Waals surface area contributed by atoms with E-state index >= 15 is 0 Å². The van der Waals surface area contributed by atoms with Gasteiger partial charge in [0.2, 0.25) is 0 Å². The standard InChI is InChI=1S/C12H24N2O2/c1-9(2)14(10(3)4)12(15)16-11-6-5-7-13-8-11/h9-11,13H,5-8H2,1-4H3. The van der Waals surface area contributed by atoms with Crippen LogP contribution in [0.1, 0.15) is 40.5 Å². The molecule has 1 unspecified atom stereocenters. The van der Waals surface area contributed by atoms with E-state index in [-0.39, 0.29) is 24.3 Å². The van der Waals surface area contributed by atoms with Gasteiger partial charge < -0.3 is 15.0 Å². The Bertz CT molecular complexity index is 215. The molecule has 0 radical (unpaired) electrons. The quantitative estimate of drug-likeness (QED) is 0.803. The molecule has 1 amide bonds. The molecule has 1 fully saturated rings. The second-order valence-corrected chi connectivity index (χ2v) is 4.95. The number of hydrogen-bond donors (Lipinski definition) is 1. The number of carbonyl (C=O) groups excluding carboxylic acids is 1. The molecule has 4 heteroatoms. The minimum Gasteiger partial charge on any atom is -0.445 e. The molecule has 1 aliphatic rings. The van der Waals surface area contributed by atoms with Gasteiger partial charge in [-0.3, -0.25) is 0 Å². The van der Waals surface area contributed by atoms with Crippen LogP contribution in [0.4, 0.5) is 4.79 Å². The number of hydrogen-bond acceptors (Lipinski definition) is 3. The predicted molar refractivity (Wildman–Crippen MR) is 64.5 cm³/mol. The Balaban J connectivity index is 2.47. The third kappa shape index (κ3) is 3.67. The average molecular weight is 228 g/mol. The Morgan fingerprint density at radius 1 is 1.31 bits per heavy atom. The molecule has 1 N–H and O–H groups in total. The zero-order chi connectivity index (χ0) is 12.1. The van der Waals surface area contributed by atoms with Crippen molar-refractivity contribution in [3.8, 4) is 0 Å². The van der Waals surface area contributed by atoms with Crippen LogP contribution < -0.4 is 5.32 Å². The summed E-state index contributed by atoms with van der Waals surface area (Å²) in [7, 11) is 0. The summed E-state index contributed by atoms with van der Waals surface area (Å²) in [6.07, 6.45) is 1.92. The molecule has 94 valence electrons. The summed E-state index contributed by atoms with van der Waals surface area (Å²) in [4.78, 5) is 13.8. The zero-order valence-electron chi connectivity index (χ0n) is 10.8. The third-order valence-electron chi connectivity index (χ3n) is 2.84. The Labute approximate surface area is 98.3 Å². The summed E-state index contributed by atoms with van der Waals surface area (Å²) < 4.78 is 5.50. The van der Waals surface area contributed by atoms with E-state index in [1.54, 1.807) is 4.90 Å². The maximum Gasteiger partial charge on any atom is 0.410 e. The van der Waals surface area contributed by atoms with Crippen molar-refractivity contribution in [1.29, 1.82) is 0 Å². The number of rotatable bonds is 3. The summed E-state index contributed by atoms with van der Waals surface area (Å²) in [5.74, 6) is 0. The fraction of sp³-hybridized carbons (Fsp3) is 0.917. The van der Waals surface area contributed by atoms with Gasteiger partial charge in [-0.2, -0.15) is 0 Å². The van der Waals surface area contributed by atoms with Crippen LogP contribution in [0.15, 0.2) is 0 Å². The van der Waals surface area contributed by atoms with Gasteiger partial charge in [0, 0.05) is 18.6 Å². The first-order valence-electron chi connectivity index (χ1n) is 6.22. The summed E-state index contributed by atoms with van der Waals surface area (Å²) in [6, 6.07) is 0.369. The van der Waals surface area contributed by atoms with Crippen LogP contribution in [0.2, 0.25) is 0 Å². The Hall–Kier alpha value is -0.770. The van der Waals surface area contributed by atoms with E-state index in [0.717, 1.165) is 25.9 Å². The fourth-order valence-electron chi connectivity index (χ4n) is 2.14. The van der Waals surface area contributed by atoms with Crippen LogP contribution in [0.25, 0.3) is 0 Å². The molecule has 0 aromatic carbocycles. The van der Waals surface area contributed by atoms with Gasteiger partial charge in [0.1, 0.15) is 6.10 Å². The first kappa shape index (κ1) is 13.3. The molecule has 1 heterocycles. The van der Waals surface area contributed by atoms with E-state index in [2.05, 4.69) is 5.32 Å². The van der Waals surface area contributed by atoms with E-state index in [4.69, 9.17) is 4.74 Å². The second-order valence-electron chi connectivity index (χ2n) is 4.95. The lowest BCUT2D eigenvalue weighted by molar-refractivity contribution is 0.0363. The molecule has 1 aliphatic heterocycles. The number of nitrogens with zero attached hydrogens (tertiary/aromatic N) is 1. The summed E-state index contributed by atoms with van der Waals surface area (Å²) in [5.41, 5.74) is 0. The van der Waals surface area contributed by atoms with Gasteiger partial charge in [-0.1, -0.05) is 0 Å². The van der Waals surface area contributed by atoms with Crippen LogP contribution in [-0.2, 0) is 4.74 Å². The van der Waals surface area contributed by atoms with Crippen molar-refractivity contribution >= 4 is 6.09 Å². The van der Waals surface area contributed by atoms with Crippen LogP contribution >= 0.6 is 0 Å². The van der Waals surface area contributed by atoms with Crippen molar-refractivity contribution in [3.05, 3.63) is 0 Å². The molecular weight excluding hydrogens is 204 g/mol. The molecule has 1 saturated heterocycles. The maximum absolute atomic E-state index is 12.0. The number of ether oxygens (including phenoxy) is 1. The molecule has 1 rings (SSSR count). The lowest BCUT2D eigenvalue weighted by Crippen LogP contribution is -2.46. The van der Waals surface area contributed by atoms with E-state index in [1.165, 1.54) is 0 Å². The highest BCUT2D eigenvalue weighted by atomic mass is 16.6. The van der Waals surface area contributed by atoms with Crippen molar-refractivity contribution < 1.29 is 9.53 Å². The van der Waals surface area contributed by atoms with Gasteiger partial charge in [0.25, 0.3) is 0 Å². The Morgan fingerprint density at radius 3 is 2.38 bits per heavy atom. The number of amides is 1. The minimum atomic E-state index is -0.182. The lowest BCUT2D eigenvalue weighted by atomic mass is 10.1. The third-order valence-corrected chi connectivity index (χ3v) is 2.84. The highest BCUT2D eigenvalue weighted by Gasteiger charge is 2.25. The molecular formula is C12H24N2O2. The molecule has 0 aromatic rings. The average Bonchev–Trinajstić information content (AvgIpc) is 2.17. The molecule has 1 atom stereocenters. The van der Waals surface area contributed by atoms with Gasteiger partial charge in [0.05, 0.1) is 0 Å². The van der Waals surface area contributed by atoms with Gasteiger partial charge in [0.15, 0.2) is 0 Å². The lowest BCUT2D eigenvalue weighted by Gasteiger charge is -2.32. The van der Waals surface area contributed by atoms with Gasteiger partial charge in [-0.05, 0) is 47.1 Å². The van der Waals surface area contributed by atoms with Crippen LogP contribution in [0.3, 0.4) is 0 Å². The maximum atomic E-state index is 12.0. The van der Waals surface area contributed by atoms with E-state index in [0.29, 0.717) is 0 Å². The van der Waals surface area contributed by atoms with E-state index in [9.17, 15) is 4.79 Å². The monoisotopic (exact) mass is 228 g/mol. The first-order chi connectivity index (χ1) is 7.52. The first-order valence-corrected chi connectivity index (χ1v) is 6.22. The van der Waals surface area contributed by atoms with Crippen molar-refractivity contribution in [2.45, 2.75) is 58.7 Å². The van der Waals surface area contributed by atoms with Crippen LogP contribution in [0.5, 0.6) is 0 Å². The predicted octanol–water partition coefficient (Wildman–Crippen LogP) is 1.99. The molecule has 0 aromatic heterocycles. The second kappa shape index (κ2) is 6.09. The normalized spacial score (nSPS) is 21.2. The zero-order valence-corrected chi connectivity index (χ0v) is 10.8. The topological polar surface area (TPSA) is 41.6 Å². The molecule has 0 aliphatic carbocycles. The Kier molecular flexibility index (Phi) is 5.06. The van der Waals surface area contributed by atoms with Crippen molar-refractivity contribution in [2.24, 2.45) is 0 Å². The number of carbonyl (C=O) groups is 1. The SMILES string of the molecule is CC(C)N(C(=O)OC1CCCNC1)C(C)C. The minimum absolute atomic E-state index is 0.0428. The Morgan fingerprint density at radius 2 is 1.94 bits per heavy atom. The van der Waals surface area contributed by atoms with E-state index < -0.39 is 0 Å². The summed E-state index contributed by atoms with van der Waals surface area (Å²) >= 11 is 0. The smallest absolute Gasteiger partial charge is 0.410 e. The highest BCUT2D eigenvalue weighted by Crippen LogP contribution is 2.12. The fourth-order valence-corrected chi connectivity index (χ4v) is 2.14. The molecule has 16 heavy (non-hydrogen) atoms. The highest BCUT2D eigenvalue weighted by molar-refractivity contribution is 5.68. The molecule has 0 spiro atoms. The van der Waals surface area contributed by atoms with Crippen LogP contribution in [-0.4, -0.2) is 42.3 Å². The summed E-state index contributed by atoms with van der Waals surface area (Å²) in [5, 5.41) is 3.24.